The Hall–Kier alpha value is -1.45. The molecule has 0 bridgehead atoms. The summed E-state index contributed by atoms with van der Waals surface area (Å²) in [6, 6.07) is 9.12. The zero-order chi connectivity index (χ0) is 15.4. The molecule has 0 radical (unpaired) electrons. The third kappa shape index (κ3) is 3.60. The van der Waals surface area contributed by atoms with Crippen molar-refractivity contribution in [2.45, 2.75) is 26.3 Å². The molecule has 1 nitrogen and oxygen atoms in total. The van der Waals surface area contributed by atoms with Crippen LogP contribution in [0.25, 0.3) is 0 Å². The van der Waals surface area contributed by atoms with Gasteiger partial charge in [0, 0.05) is 16.1 Å². The number of benzene rings is 2. The standard InChI is InChI=1S/C17H18ClF2N/c1-3-9-21-17(13-8-7-12(18)10-15(13)19)14-6-4-5-11(2)16(14)20/h4-8,10,17,21H,3,9H2,1-2H3. The Bertz CT molecular complexity index is 628. The van der Waals surface area contributed by atoms with E-state index >= 15 is 0 Å². The fraction of sp³-hybridized carbons (Fsp3) is 0.294. The first-order valence-electron chi connectivity index (χ1n) is 6.98. The summed E-state index contributed by atoms with van der Waals surface area (Å²) in [6.07, 6.45) is 0.874. The maximum Gasteiger partial charge on any atom is 0.131 e. The van der Waals surface area contributed by atoms with E-state index in [9.17, 15) is 8.78 Å². The molecule has 1 unspecified atom stereocenters. The lowest BCUT2D eigenvalue weighted by Gasteiger charge is -2.21. The van der Waals surface area contributed by atoms with Gasteiger partial charge in [-0.25, -0.2) is 8.78 Å². The molecule has 4 heteroatoms. The molecule has 2 aromatic carbocycles. The largest absolute Gasteiger partial charge is 0.306 e. The highest BCUT2D eigenvalue weighted by Gasteiger charge is 2.21. The minimum atomic E-state index is -0.526. The van der Waals surface area contributed by atoms with Gasteiger partial charge in [-0.2, -0.15) is 0 Å². The van der Waals surface area contributed by atoms with Crippen LogP contribution in [0.4, 0.5) is 8.78 Å². The van der Waals surface area contributed by atoms with E-state index in [1.165, 1.54) is 6.07 Å². The number of aryl methyl sites for hydroxylation is 1. The molecule has 0 saturated heterocycles. The van der Waals surface area contributed by atoms with Crippen LogP contribution in [0.3, 0.4) is 0 Å². The lowest BCUT2D eigenvalue weighted by Crippen LogP contribution is -2.25. The average Bonchev–Trinajstić information content (AvgIpc) is 2.45. The summed E-state index contributed by atoms with van der Waals surface area (Å²) >= 11 is 5.79. The fourth-order valence-electron chi connectivity index (χ4n) is 2.30. The van der Waals surface area contributed by atoms with Gasteiger partial charge in [-0.05, 0) is 37.6 Å². The fourth-order valence-corrected chi connectivity index (χ4v) is 2.46. The van der Waals surface area contributed by atoms with E-state index < -0.39 is 11.9 Å². The second kappa shape index (κ2) is 7.01. The summed E-state index contributed by atoms with van der Waals surface area (Å²) in [4.78, 5) is 0. The van der Waals surface area contributed by atoms with Crippen molar-refractivity contribution in [3.63, 3.8) is 0 Å². The molecule has 2 aromatic rings. The number of nitrogens with one attached hydrogen (secondary N) is 1. The molecular weight excluding hydrogens is 292 g/mol. The van der Waals surface area contributed by atoms with Crippen LogP contribution >= 0.6 is 11.6 Å². The van der Waals surface area contributed by atoms with E-state index in [0.29, 0.717) is 28.3 Å². The van der Waals surface area contributed by atoms with Crippen molar-refractivity contribution in [3.8, 4) is 0 Å². The molecule has 2 rings (SSSR count). The third-order valence-electron chi connectivity index (χ3n) is 3.40. The number of hydrogen-bond acceptors (Lipinski definition) is 1. The molecule has 0 aliphatic heterocycles. The zero-order valence-corrected chi connectivity index (χ0v) is 12.8. The molecule has 0 saturated carbocycles. The predicted molar refractivity (Wildman–Crippen MR) is 82.7 cm³/mol. The van der Waals surface area contributed by atoms with Crippen LogP contribution in [-0.4, -0.2) is 6.54 Å². The van der Waals surface area contributed by atoms with Gasteiger partial charge in [0.05, 0.1) is 6.04 Å². The summed E-state index contributed by atoms with van der Waals surface area (Å²) in [6.45, 7) is 4.38. The van der Waals surface area contributed by atoms with Crippen LogP contribution < -0.4 is 5.32 Å². The number of rotatable bonds is 5. The number of halogens is 3. The molecular formula is C17H18ClF2N. The molecule has 0 spiro atoms. The van der Waals surface area contributed by atoms with Crippen LogP contribution in [0.1, 0.15) is 36.1 Å². The Kier molecular flexibility index (Phi) is 5.32. The van der Waals surface area contributed by atoms with Gasteiger partial charge in [-0.1, -0.05) is 42.8 Å². The Morgan fingerprint density at radius 1 is 1.14 bits per heavy atom. The van der Waals surface area contributed by atoms with Gasteiger partial charge in [0.1, 0.15) is 11.6 Å². The van der Waals surface area contributed by atoms with Crippen molar-refractivity contribution in [1.82, 2.24) is 5.32 Å². The Morgan fingerprint density at radius 3 is 2.57 bits per heavy atom. The molecule has 21 heavy (non-hydrogen) atoms. The lowest BCUT2D eigenvalue weighted by atomic mass is 9.96. The quantitative estimate of drug-likeness (QED) is 0.818. The summed E-state index contributed by atoms with van der Waals surface area (Å²) in [5.74, 6) is -0.738. The summed E-state index contributed by atoms with van der Waals surface area (Å²) in [5, 5.41) is 3.54. The van der Waals surface area contributed by atoms with E-state index in [-0.39, 0.29) is 5.82 Å². The van der Waals surface area contributed by atoms with Gasteiger partial charge in [0.25, 0.3) is 0 Å². The molecule has 0 fully saturated rings. The summed E-state index contributed by atoms with van der Waals surface area (Å²) in [5.41, 5.74) is 1.40. The highest BCUT2D eigenvalue weighted by molar-refractivity contribution is 6.30. The Balaban J connectivity index is 2.49. The molecule has 0 aromatic heterocycles. The van der Waals surface area contributed by atoms with Gasteiger partial charge in [-0.3, -0.25) is 0 Å². The first-order valence-corrected chi connectivity index (χ1v) is 7.35. The van der Waals surface area contributed by atoms with Gasteiger partial charge in [-0.15, -0.1) is 0 Å². The van der Waals surface area contributed by atoms with Crippen molar-refractivity contribution in [1.29, 1.82) is 0 Å². The van der Waals surface area contributed by atoms with Gasteiger partial charge >= 0.3 is 0 Å². The van der Waals surface area contributed by atoms with E-state index in [1.54, 1.807) is 37.3 Å². The maximum absolute atomic E-state index is 14.4. The van der Waals surface area contributed by atoms with Gasteiger partial charge in [0.15, 0.2) is 0 Å². The van der Waals surface area contributed by atoms with Gasteiger partial charge in [0.2, 0.25) is 0 Å². The minimum Gasteiger partial charge on any atom is -0.306 e. The van der Waals surface area contributed by atoms with Crippen molar-refractivity contribution in [2.24, 2.45) is 0 Å². The minimum absolute atomic E-state index is 0.305. The van der Waals surface area contributed by atoms with Crippen LogP contribution in [0.5, 0.6) is 0 Å². The van der Waals surface area contributed by atoms with E-state index in [4.69, 9.17) is 11.6 Å². The molecule has 0 aliphatic rings. The predicted octanol–water partition coefficient (Wildman–Crippen LogP) is 5.02. The van der Waals surface area contributed by atoms with Crippen LogP contribution in [-0.2, 0) is 0 Å². The van der Waals surface area contributed by atoms with E-state index in [2.05, 4.69) is 5.32 Å². The van der Waals surface area contributed by atoms with Crippen molar-refractivity contribution in [3.05, 3.63) is 69.7 Å². The van der Waals surface area contributed by atoms with Crippen LogP contribution in [0.2, 0.25) is 5.02 Å². The third-order valence-corrected chi connectivity index (χ3v) is 3.64. The summed E-state index contributed by atoms with van der Waals surface area (Å²) in [7, 11) is 0. The molecule has 112 valence electrons. The van der Waals surface area contributed by atoms with Crippen LogP contribution in [0.15, 0.2) is 36.4 Å². The molecule has 0 amide bonds. The van der Waals surface area contributed by atoms with Crippen molar-refractivity contribution >= 4 is 11.6 Å². The van der Waals surface area contributed by atoms with Crippen molar-refractivity contribution in [2.75, 3.05) is 6.54 Å². The number of hydrogen-bond donors (Lipinski definition) is 1. The molecule has 1 atom stereocenters. The molecule has 0 aliphatic carbocycles. The van der Waals surface area contributed by atoms with E-state index in [0.717, 1.165) is 6.42 Å². The second-order valence-electron chi connectivity index (χ2n) is 5.03. The van der Waals surface area contributed by atoms with Crippen molar-refractivity contribution < 1.29 is 8.78 Å². The van der Waals surface area contributed by atoms with Gasteiger partial charge < -0.3 is 5.32 Å². The lowest BCUT2D eigenvalue weighted by molar-refractivity contribution is 0.518. The highest BCUT2D eigenvalue weighted by atomic mass is 35.5. The topological polar surface area (TPSA) is 12.0 Å². The normalized spacial score (nSPS) is 12.4. The smallest absolute Gasteiger partial charge is 0.131 e. The molecule has 1 N–H and O–H groups in total. The first kappa shape index (κ1) is 15.9. The second-order valence-corrected chi connectivity index (χ2v) is 5.47. The SMILES string of the molecule is CCCNC(c1ccc(Cl)cc1F)c1cccc(C)c1F. The molecule has 0 heterocycles. The van der Waals surface area contributed by atoms with E-state index in [1.807, 2.05) is 6.92 Å². The average molecular weight is 310 g/mol. The highest BCUT2D eigenvalue weighted by Crippen LogP contribution is 2.29. The van der Waals surface area contributed by atoms with Crippen LogP contribution in [0, 0.1) is 18.6 Å². The Labute approximate surface area is 128 Å². The summed E-state index contributed by atoms with van der Waals surface area (Å²) < 4.78 is 28.6. The monoisotopic (exact) mass is 309 g/mol. The maximum atomic E-state index is 14.4. The Morgan fingerprint density at radius 2 is 1.90 bits per heavy atom. The first-order chi connectivity index (χ1) is 10.0. The zero-order valence-electron chi connectivity index (χ0n) is 12.1.